The number of aromatic carboxylic acids is 1. The summed E-state index contributed by atoms with van der Waals surface area (Å²) < 4.78 is 0. The van der Waals surface area contributed by atoms with Crippen molar-refractivity contribution in [3.05, 3.63) is 23.0 Å². The summed E-state index contributed by atoms with van der Waals surface area (Å²) in [5, 5.41) is 52.3. The number of carboxylic acids is 1. The molecule has 1 aromatic rings. The van der Waals surface area contributed by atoms with E-state index in [0.717, 1.165) is 0 Å². The van der Waals surface area contributed by atoms with Crippen LogP contribution in [0.15, 0.2) is 6.20 Å². The summed E-state index contributed by atoms with van der Waals surface area (Å²) in [6, 6.07) is 0. The first kappa shape index (κ1) is 21.2. The van der Waals surface area contributed by atoms with Gasteiger partial charge in [0.25, 0.3) is 0 Å². The van der Waals surface area contributed by atoms with Gasteiger partial charge in [-0.25, -0.2) is 4.79 Å². The third kappa shape index (κ3) is 7.35. The molecule has 0 aliphatic rings. The molecule has 9 heteroatoms. The predicted octanol–water partition coefficient (Wildman–Crippen LogP) is -1.45. The van der Waals surface area contributed by atoms with Gasteiger partial charge in [0.15, 0.2) is 5.75 Å². The molecular formula is C14H24N2O7. The fourth-order valence-electron chi connectivity index (χ4n) is 1.75. The van der Waals surface area contributed by atoms with Crippen molar-refractivity contribution in [3.8, 4) is 5.75 Å². The average molecular weight is 332 g/mol. The predicted molar refractivity (Wildman–Crippen MR) is 81.2 cm³/mol. The van der Waals surface area contributed by atoms with Crippen LogP contribution in [0.25, 0.3) is 0 Å². The zero-order chi connectivity index (χ0) is 17.8. The van der Waals surface area contributed by atoms with Gasteiger partial charge in [0.2, 0.25) is 0 Å². The lowest BCUT2D eigenvalue weighted by Crippen LogP contribution is -2.32. The van der Waals surface area contributed by atoms with Crippen LogP contribution in [-0.4, -0.2) is 85.9 Å². The number of carbonyl (C=O) groups is 1. The van der Waals surface area contributed by atoms with E-state index in [0.29, 0.717) is 19.6 Å². The van der Waals surface area contributed by atoms with Crippen molar-refractivity contribution in [2.24, 2.45) is 0 Å². The largest absolute Gasteiger partial charge is 0.505 e. The summed E-state index contributed by atoms with van der Waals surface area (Å²) in [5.41, 5.74) is 0.0557. The summed E-state index contributed by atoms with van der Waals surface area (Å²) in [6.07, 6.45) is 1.23. The topological polar surface area (TPSA) is 155 Å². The monoisotopic (exact) mass is 332 g/mol. The van der Waals surface area contributed by atoms with Crippen molar-refractivity contribution in [3.63, 3.8) is 0 Å². The molecule has 23 heavy (non-hydrogen) atoms. The van der Waals surface area contributed by atoms with E-state index in [1.807, 2.05) is 0 Å². The standard InChI is InChI=1S/C8H9NO4.C6H15NO3/c1-4-7(11)6(8(12)13)5(3-10)2-9-4;8-4-1-7(2-5-9)3-6-10/h2,10-11H,3H2,1H3,(H,12,13);8-10H,1-6H2. The number of nitrogens with zero attached hydrogens (tertiary/aromatic N) is 2. The Morgan fingerprint density at radius 1 is 1.09 bits per heavy atom. The Kier molecular flexibility index (Phi) is 10.8. The van der Waals surface area contributed by atoms with Crippen molar-refractivity contribution < 1.29 is 35.4 Å². The van der Waals surface area contributed by atoms with Crippen molar-refractivity contribution in [2.75, 3.05) is 39.5 Å². The Hall–Kier alpha value is -1.78. The van der Waals surface area contributed by atoms with E-state index < -0.39 is 12.6 Å². The molecule has 9 nitrogen and oxygen atoms in total. The third-order valence-electron chi connectivity index (χ3n) is 2.95. The van der Waals surface area contributed by atoms with Crippen LogP contribution in [0.1, 0.15) is 21.6 Å². The molecule has 0 fully saturated rings. The third-order valence-corrected chi connectivity index (χ3v) is 2.95. The van der Waals surface area contributed by atoms with Gasteiger partial charge in [0.05, 0.1) is 32.1 Å². The second-order valence-electron chi connectivity index (χ2n) is 4.57. The second kappa shape index (κ2) is 11.7. The molecule has 0 aliphatic heterocycles. The number of aromatic nitrogens is 1. The highest BCUT2D eigenvalue weighted by Gasteiger charge is 2.17. The minimum absolute atomic E-state index is 0.0694. The van der Waals surface area contributed by atoms with E-state index in [1.54, 1.807) is 4.90 Å². The van der Waals surface area contributed by atoms with Crippen LogP contribution in [0, 0.1) is 6.92 Å². The maximum Gasteiger partial charge on any atom is 0.339 e. The van der Waals surface area contributed by atoms with Gasteiger partial charge in [-0.05, 0) is 6.92 Å². The summed E-state index contributed by atoms with van der Waals surface area (Å²) in [5.74, 6) is -1.66. The minimum atomic E-state index is -1.27. The first-order valence-electron chi connectivity index (χ1n) is 6.99. The molecule has 0 unspecified atom stereocenters. The van der Waals surface area contributed by atoms with Gasteiger partial charge in [0.1, 0.15) is 5.56 Å². The van der Waals surface area contributed by atoms with E-state index in [1.165, 1.54) is 13.1 Å². The van der Waals surface area contributed by atoms with Crippen molar-refractivity contribution in [1.82, 2.24) is 9.88 Å². The lowest BCUT2D eigenvalue weighted by molar-refractivity contribution is 0.0689. The molecule has 0 saturated carbocycles. The lowest BCUT2D eigenvalue weighted by atomic mass is 10.1. The molecule has 1 rings (SSSR count). The molecular weight excluding hydrogens is 308 g/mol. The van der Waals surface area contributed by atoms with E-state index in [-0.39, 0.29) is 42.4 Å². The Labute approximate surface area is 134 Å². The van der Waals surface area contributed by atoms with Crippen LogP contribution in [0.3, 0.4) is 0 Å². The molecule has 1 heterocycles. The minimum Gasteiger partial charge on any atom is -0.505 e. The highest BCUT2D eigenvalue weighted by Crippen LogP contribution is 2.23. The Morgan fingerprint density at radius 3 is 1.91 bits per heavy atom. The van der Waals surface area contributed by atoms with Gasteiger partial charge < -0.3 is 30.6 Å². The zero-order valence-corrected chi connectivity index (χ0v) is 13.0. The number of aryl methyl sites for hydroxylation is 1. The molecule has 0 atom stereocenters. The second-order valence-corrected chi connectivity index (χ2v) is 4.57. The fourth-order valence-corrected chi connectivity index (χ4v) is 1.75. The van der Waals surface area contributed by atoms with Crippen molar-refractivity contribution >= 4 is 5.97 Å². The van der Waals surface area contributed by atoms with Gasteiger partial charge in [0, 0.05) is 31.4 Å². The summed E-state index contributed by atoms with van der Waals surface area (Å²) in [7, 11) is 0. The number of aliphatic hydroxyl groups excluding tert-OH is 4. The van der Waals surface area contributed by atoms with E-state index >= 15 is 0 Å². The maximum absolute atomic E-state index is 10.7. The molecule has 0 spiro atoms. The number of aliphatic hydroxyl groups is 4. The first-order valence-corrected chi connectivity index (χ1v) is 6.99. The summed E-state index contributed by atoms with van der Waals surface area (Å²) in [4.78, 5) is 16.2. The molecule has 0 aromatic carbocycles. The van der Waals surface area contributed by atoms with Gasteiger partial charge in [-0.2, -0.15) is 0 Å². The number of hydrogen-bond acceptors (Lipinski definition) is 8. The molecule has 132 valence electrons. The van der Waals surface area contributed by atoms with Gasteiger partial charge >= 0.3 is 5.97 Å². The zero-order valence-electron chi connectivity index (χ0n) is 13.0. The van der Waals surface area contributed by atoms with Gasteiger partial charge in [-0.1, -0.05) is 0 Å². The number of pyridine rings is 1. The number of rotatable bonds is 8. The molecule has 0 bridgehead atoms. The summed E-state index contributed by atoms with van der Waals surface area (Å²) in [6.45, 7) is 2.79. The highest BCUT2D eigenvalue weighted by molar-refractivity contribution is 5.92. The van der Waals surface area contributed by atoms with Crippen LogP contribution < -0.4 is 0 Å². The number of hydrogen-bond donors (Lipinski definition) is 6. The molecule has 0 amide bonds. The quantitative estimate of drug-likeness (QED) is 0.335. The number of aromatic hydroxyl groups is 1. The molecule has 6 N–H and O–H groups in total. The van der Waals surface area contributed by atoms with Crippen LogP contribution in [-0.2, 0) is 6.61 Å². The fraction of sp³-hybridized carbons (Fsp3) is 0.571. The smallest absolute Gasteiger partial charge is 0.339 e. The molecule has 0 radical (unpaired) electrons. The van der Waals surface area contributed by atoms with Crippen molar-refractivity contribution in [1.29, 1.82) is 0 Å². The van der Waals surface area contributed by atoms with E-state index in [4.69, 9.17) is 25.5 Å². The first-order chi connectivity index (χ1) is 10.9. The average Bonchev–Trinajstić information content (AvgIpc) is 2.51. The molecule has 0 aliphatic carbocycles. The van der Waals surface area contributed by atoms with E-state index in [9.17, 15) is 9.90 Å². The summed E-state index contributed by atoms with van der Waals surface area (Å²) >= 11 is 0. The van der Waals surface area contributed by atoms with Crippen LogP contribution >= 0.6 is 0 Å². The number of carboxylic acid groups (broad SMARTS) is 1. The Balaban J connectivity index is 0.000000438. The van der Waals surface area contributed by atoms with Crippen LogP contribution in [0.5, 0.6) is 5.75 Å². The Bertz CT molecular complexity index is 468. The van der Waals surface area contributed by atoms with Crippen LogP contribution in [0.2, 0.25) is 0 Å². The van der Waals surface area contributed by atoms with E-state index in [2.05, 4.69) is 4.98 Å². The lowest BCUT2D eigenvalue weighted by Gasteiger charge is -2.17. The highest BCUT2D eigenvalue weighted by atomic mass is 16.4. The maximum atomic E-state index is 10.7. The molecule has 0 saturated heterocycles. The van der Waals surface area contributed by atoms with Crippen molar-refractivity contribution in [2.45, 2.75) is 13.5 Å². The Morgan fingerprint density at radius 2 is 1.57 bits per heavy atom. The molecule has 1 aromatic heterocycles. The normalized spacial score (nSPS) is 10.3. The van der Waals surface area contributed by atoms with Gasteiger partial charge in [-0.15, -0.1) is 0 Å². The van der Waals surface area contributed by atoms with Crippen LogP contribution in [0.4, 0.5) is 0 Å². The van der Waals surface area contributed by atoms with Gasteiger partial charge in [-0.3, -0.25) is 9.88 Å². The SMILES string of the molecule is Cc1ncc(CO)c(C(=O)O)c1O.OCCN(CCO)CCO.